The minimum Gasteiger partial charge on any atom is -0.368 e. The zero-order chi connectivity index (χ0) is 15.5. The molecule has 110 valence electrons. The Morgan fingerprint density at radius 1 is 1.19 bits per heavy atom. The van der Waals surface area contributed by atoms with Crippen molar-refractivity contribution in [3.8, 4) is 0 Å². The van der Waals surface area contributed by atoms with E-state index in [0.717, 1.165) is 21.7 Å². The van der Waals surface area contributed by atoms with Crippen LogP contribution in [0.5, 0.6) is 0 Å². The molecule has 0 saturated carbocycles. The van der Waals surface area contributed by atoms with Gasteiger partial charge in [-0.25, -0.2) is 0 Å². The summed E-state index contributed by atoms with van der Waals surface area (Å²) < 4.78 is 0. The monoisotopic (exact) mass is 300 g/mol. The highest BCUT2D eigenvalue weighted by molar-refractivity contribution is 7.98. The number of nitrogens with two attached hydrogens (primary N) is 1. The van der Waals surface area contributed by atoms with Crippen molar-refractivity contribution < 1.29 is 4.79 Å². The number of hydrogen-bond acceptors (Lipinski definition) is 3. The third-order valence-electron chi connectivity index (χ3n) is 3.57. The molecule has 0 heterocycles. The number of primary amides is 1. The van der Waals surface area contributed by atoms with Gasteiger partial charge in [0.05, 0.1) is 0 Å². The van der Waals surface area contributed by atoms with Crippen molar-refractivity contribution in [3.05, 3.63) is 59.7 Å². The van der Waals surface area contributed by atoms with Gasteiger partial charge in [-0.15, -0.1) is 11.8 Å². The molecule has 3 N–H and O–H groups in total. The van der Waals surface area contributed by atoms with E-state index in [1.165, 1.54) is 0 Å². The highest BCUT2D eigenvalue weighted by Crippen LogP contribution is 2.28. The fourth-order valence-corrected chi connectivity index (χ4v) is 2.62. The highest BCUT2D eigenvalue weighted by Gasteiger charge is 2.33. The summed E-state index contributed by atoms with van der Waals surface area (Å²) in [6.45, 7) is 3.83. The summed E-state index contributed by atoms with van der Waals surface area (Å²) in [4.78, 5) is 13.2. The first-order valence-electron chi connectivity index (χ1n) is 6.75. The van der Waals surface area contributed by atoms with Gasteiger partial charge >= 0.3 is 0 Å². The Morgan fingerprint density at radius 2 is 1.86 bits per heavy atom. The van der Waals surface area contributed by atoms with Crippen LogP contribution in [-0.4, -0.2) is 12.2 Å². The van der Waals surface area contributed by atoms with E-state index in [9.17, 15) is 4.79 Å². The normalized spacial score (nSPS) is 13.5. The van der Waals surface area contributed by atoms with Gasteiger partial charge in [0.15, 0.2) is 0 Å². The first-order chi connectivity index (χ1) is 9.95. The van der Waals surface area contributed by atoms with Gasteiger partial charge in [0.25, 0.3) is 0 Å². The summed E-state index contributed by atoms with van der Waals surface area (Å²) in [6.07, 6.45) is 2.02. The molecule has 0 bridgehead atoms. The summed E-state index contributed by atoms with van der Waals surface area (Å²) >= 11 is 1.67. The molecule has 0 aliphatic rings. The number of benzene rings is 2. The lowest BCUT2D eigenvalue weighted by atomic mass is 9.90. The van der Waals surface area contributed by atoms with Crippen LogP contribution in [0.4, 0.5) is 5.69 Å². The molecule has 0 radical (unpaired) electrons. The molecule has 2 aromatic carbocycles. The zero-order valence-electron chi connectivity index (χ0n) is 12.5. The summed E-state index contributed by atoms with van der Waals surface area (Å²) in [6, 6.07) is 15.8. The van der Waals surface area contributed by atoms with Crippen LogP contribution in [0.3, 0.4) is 0 Å². The Kier molecular flexibility index (Phi) is 4.58. The topological polar surface area (TPSA) is 55.1 Å². The number of carbonyl (C=O) groups is 1. The predicted octanol–water partition coefficient (Wildman–Crippen LogP) is 3.53. The lowest BCUT2D eigenvalue weighted by Gasteiger charge is -2.29. The SMILES string of the molecule is CSc1ccc(C(C)(Nc2cccc(C)c2)C(N)=O)cc1. The molecule has 1 unspecified atom stereocenters. The maximum Gasteiger partial charge on any atom is 0.247 e. The quantitative estimate of drug-likeness (QED) is 0.831. The van der Waals surface area contributed by atoms with Crippen LogP contribution in [0.2, 0.25) is 0 Å². The zero-order valence-corrected chi connectivity index (χ0v) is 13.3. The van der Waals surface area contributed by atoms with E-state index in [1.54, 1.807) is 11.8 Å². The Morgan fingerprint density at radius 3 is 2.38 bits per heavy atom. The molecule has 2 rings (SSSR count). The van der Waals surface area contributed by atoms with Crippen LogP contribution in [0.1, 0.15) is 18.1 Å². The third kappa shape index (κ3) is 3.39. The first-order valence-corrected chi connectivity index (χ1v) is 7.97. The second kappa shape index (κ2) is 6.22. The number of amides is 1. The van der Waals surface area contributed by atoms with Gasteiger partial charge in [-0.05, 0) is 55.5 Å². The van der Waals surface area contributed by atoms with E-state index in [0.29, 0.717) is 0 Å². The van der Waals surface area contributed by atoms with Gasteiger partial charge in [-0.3, -0.25) is 4.79 Å². The molecule has 21 heavy (non-hydrogen) atoms. The Balaban J connectivity index is 2.37. The Hall–Kier alpha value is -1.94. The number of anilines is 1. The average Bonchev–Trinajstić information content (AvgIpc) is 2.47. The predicted molar refractivity (Wildman–Crippen MR) is 89.6 cm³/mol. The third-order valence-corrected chi connectivity index (χ3v) is 4.32. The molecule has 3 nitrogen and oxygen atoms in total. The van der Waals surface area contributed by atoms with Gasteiger partial charge in [0.1, 0.15) is 5.54 Å². The van der Waals surface area contributed by atoms with E-state index in [4.69, 9.17) is 5.73 Å². The van der Waals surface area contributed by atoms with Crippen molar-refractivity contribution in [1.82, 2.24) is 0 Å². The van der Waals surface area contributed by atoms with Gasteiger partial charge < -0.3 is 11.1 Å². The molecular formula is C17H20N2OS. The molecule has 0 aliphatic carbocycles. The van der Waals surface area contributed by atoms with Crippen molar-refractivity contribution in [2.45, 2.75) is 24.3 Å². The van der Waals surface area contributed by atoms with Crippen LogP contribution in [0.15, 0.2) is 53.4 Å². The molecule has 4 heteroatoms. The Bertz CT molecular complexity index is 639. The molecule has 2 aromatic rings. The molecule has 0 saturated heterocycles. The summed E-state index contributed by atoms with van der Waals surface area (Å²) in [5.74, 6) is -0.402. The number of hydrogen-bond donors (Lipinski definition) is 2. The summed E-state index contributed by atoms with van der Waals surface area (Å²) in [5, 5.41) is 3.27. The number of nitrogens with one attached hydrogen (secondary N) is 1. The molecule has 0 spiro atoms. The molecule has 0 aromatic heterocycles. The number of aryl methyl sites for hydroxylation is 1. The van der Waals surface area contributed by atoms with Gasteiger partial charge in [-0.2, -0.15) is 0 Å². The second-order valence-corrected chi connectivity index (χ2v) is 6.09. The van der Waals surface area contributed by atoms with Crippen LogP contribution in [0.25, 0.3) is 0 Å². The van der Waals surface area contributed by atoms with Crippen LogP contribution in [-0.2, 0) is 10.3 Å². The summed E-state index contributed by atoms with van der Waals surface area (Å²) in [5.41, 5.74) is 7.58. The van der Waals surface area contributed by atoms with E-state index in [-0.39, 0.29) is 0 Å². The van der Waals surface area contributed by atoms with E-state index >= 15 is 0 Å². The summed E-state index contributed by atoms with van der Waals surface area (Å²) in [7, 11) is 0. The number of rotatable bonds is 5. The number of carbonyl (C=O) groups excluding carboxylic acids is 1. The van der Waals surface area contributed by atoms with Gasteiger partial charge in [0.2, 0.25) is 5.91 Å². The standard InChI is InChI=1S/C17H20N2OS/c1-12-5-4-6-14(11-12)19-17(2,16(18)20)13-7-9-15(21-3)10-8-13/h4-11,19H,1-3H3,(H2,18,20). The highest BCUT2D eigenvalue weighted by atomic mass is 32.2. The minimum atomic E-state index is -0.940. The van der Waals surface area contributed by atoms with Gasteiger partial charge in [0, 0.05) is 10.6 Å². The van der Waals surface area contributed by atoms with Crippen molar-refractivity contribution in [2.75, 3.05) is 11.6 Å². The van der Waals surface area contributed by atoms with Crippen LogP contribution >= 0.6 is 11.8 Å². The molecule has 0 fully saturated rings. The fourth-order valence-electron chi connectivity index (χ4n) is 2.21. The van der Waals surface area contributed by atoms with E-state index in [2.05, 4.69) is 5.32 Å². The minimum absolute atomic E-state index is 0.402. The number of thioether (sulfide) groups is 1. The first kappa shape index (κ1) is 15.4. The fraction of sp³-hybridized carbons (Fsp3) is 0.235. The van der Waals surface area contributed by atoms with Crippen LogP contribution in [0, 0.1) is 6.92 Å². The molecular weight excluding hydrogens is 280 g/mol. The van der Waals surface area contributed by atoms with E-state index < -0.39 is 11.4 Å². The average molecular weight is 300 g/mol. The lowest BCUT2D eigenvalue weighted by molar-refractivity contribution is -0.122. The lowest BCUT2D eigenvalue weighted by Crippen LogP contribution is -2.45. The smallest absolute Gasteiger partial charge is 0.247 e. The Labute approximate surface area is 129 Å². The largest absolute Gasteiger partial charge is 0.368 e. The second-order valence-electron chi connectivity index (χ2n) is 5.21. The van der Waals surface area contributed by atoms with Crippen molar-refractivity contribution in [1.29, 1.82) is 0 Å². The maximum absolute atomic E-state index is 12.0. The van der Waals surface area contributed by atoms with Gasteiger partial charge in [-0.1, -0.05) is 24.3 Å². The van der Waals surface area contributed by atoms with Crippen molar-refractivity contribution in [3.63, 3.8) is 0 Å². The maximum atomic E-state index is 12.0. The molecule has 1 amide bonds. The molecule has 0 aliphatic heterocycles. The van der Waals surface area contributed by atoms with Crippen molar-refractivity contribution in [2.24, 2.45) is 5.73 Å². The van der Waals surface area contributed by atoms with E-state index in [1.807, 2.05) is 68.6 Å². The molecule has 1 atom stereocenters. The van der Waals surface area contributed by atoms with Crippen molar-refractivity contribution >= 4 is 23.4 Å². The van der Waals surface area contributed by atoms with Crippen LogP contribution < -0.4 is 11.1 Å².